The maximum atomic E-state index is 14.0. The summed E-state index contributed by atoms with van der Waals surface area (Å²) < 4.78 is 51.1. The van der Waals surface area contributed by atoms with Gasteiger partial charge in [-0.2, -0.15) is 18.3 Å². The van der Waals surface area contributed by atoms with Gasteiger partial charge in [0.25, 0.3) is 0 Å². The van der Waals surface area contributed by atoms with Gasteiger partial charge in [0, 0.05) is 87.3 Å². The van der Waals surface area contributed by atoms with Gasteiger partial charge in [0.2, 0.25) is 5.95 Å². The number of carbonyl (C=O) groups is 1. The molecule has 220 valence electrons. The van der Waals surface area contributed by atoms with Gasteiger partial charge < -0.3 is 19.5 Å². The first-order chi connectivity index (χ1) is 20.1. The number of fused-ring (bicyclic) bond motifs is 1. The van der Waals surface area contributed by atoms with Crippen molar-refractivity contribution in [3.8, 4) is 16.9 Å². The highest BCUT2D eigenvalue weighted by atomic mass is 19.4. The number of carbonyl (C=O) groups excluding carboxylic acids is 1. The zero-order chi connectivity index (χ0) is 29.6. The highest BCUT2D eigenvalue weighted by Crippen LogP contribution is 2.44. The molecule has 42 heavy (non-hydrogen) atoms. The van der Waals surface area contributed by atoms with Crippen LogP contribution in [0.1, 0.15) is 38.8 Å². The molecule has 13 heteroatoms. The molecule has 0 aliphatic carbocycles. The Hall–Kier alpha value is -4.26. The Morgan fingerprint density at radius 3 is 2.55 bits per heavy atom. The number of imidazole rings is 1. The van der Waals surface area contributed by atoms with Crippen LogP contribution in [0.2, 0.25) is 0 Å². The van der Waals surface area contributed by atoms with Crippen molar-refractivity contribution < 1.29 is 22.7 Å². The Balaban J connectivity index is 1.38. The van der Waals surface area contributed by atoms with E-state index >= 15 is 0 Å². The summed E-state index contributed by atoms with van der Waals surface area (Å²) in [4.78, 5) is 29.7. The molecule has 10 nitrogen and oxygen atoms in total. The minimum absolute atomic E-state index is 0.0203. The number of halogens is 3. The van der Waals surface area contributed by atoms with Gasteiger partial charge in [-0.1, -0.05) is 0 Å². The molecule has 2 aliphatic rings. The summed E-state index contributed by atoms with van der Waals surface area (Å²) in [7, 11) is 1.43. The molecule has 2 aliphatic heterocycles. The molecule has 1 N–H and O–H groups in total. The molecule has 1 saturated heterocycles. The van der Waals surface area contributed by atoms with Gasteiger partial charge in [-0.25, -0.2) is 15.0 Å². The monoisotopic (exact) mass is 580 g/mol. The topological polar surface area (TPSA) is 103 Å². The molecule has 4 aromatic rings. The van der Waals surface area contributed by atoms with Crippen molar-refractivity contribution in [1.29, 1.82) is 0 Å². The van der Waals surface area contributed by atoms with E-state index in [1.165, 1.54) is 13.2 Å². The number of ether oxygens (including phenoxy) is 1. The Labute approximate surface area is 240 Å². The van der Waals surface area contributed by atoms with Crippen LogP contribution in [0.5, 0.6) is 5.75 Å². The van der Waals surface area contributed by atoms with E-state index < -0.39 is 17.8 Å². The number of anilines is 1. The fraction of sp³-hybridized carbons (Fsp3) is 0.414. The third-order valence-corrected chi connectivity index (χ3v) is 7.63. The first-order valence-corrected chi connectivity index (χ1v) is 13.8. The van der Waals surface area contributed by atoms with Gasteiger partial charge in [0.1, 0.15) is 11.6 Å². The molecular weight excluding hydrogens is 549 g/mol. The number of alkyl halides is 3. The Kier molecular flexibility index (Phi) is 7.21. The van der Waals surface area contributed by atoms with E-state index in [1.54, 1.807) is 24.5 Å². The molecular formula is C29H31F3N8O2. The maximum Gasteiger partial charge on any atom is 0.435 e. The number of ketones is 1. The van der Waals surface area contributed by atoms with Gasteiger partial charge in [0.05, 0.1) is 18.1 Å². The molecule has 0 unspecified atom stereocenters. The average Bonchev–Trinajstić information content (AvgIpc) is 3.55. The van der Waals surface area contributed by atoms with Gasteiger partial charge in [0.15, 0.2) is 11.5 Å². The number of rotatable bonds is 6. The molecule has 5 heterocycles. The van der Waals surface area contributed by atoms with Gasteiger partial charge >= 0.3 is 6.18 Å². The van der Waals surface area contributed by atoms with Crippen LogP contribution in [0.4, 0.5) is 19.1 Å². The van der Waals surface area contributed by atoms with E-state index in [0.29, 0.717) is 24.5 Å². The molecule has 1 atom stereocenters. The van der Waals surface area contributed by atoms with Crippen molar-refractivity contribution in [3.05, 3.63) is 70.8 Å². The number of nitrogens with one attached hydrogen (secondary N) is 1. The fourth-order valence-electron chi connectivity index (χ4n) is 5.59. The van der Waals surface area contributed by atoms with Crippen LogP contribution in [0.15, 0.2) is 36.8 Å². The second kappa shape index (κ2) is 10.9. The fourth-order valence-corrected chi connectivity index (χ4v) is 5.59. The molecule has 0 spiro atoms. The standard InChI is InChI=1S/C29H31F3N8O2/c1-17-10-21(36-28(35-17)39-7-4-33-5-8-39)13-20-16-42-26-22(24-15-38(3)37-27(24)29(30,31)32)11-19(12-23(26)25(20)41)14-40-9-6-34-18(40)2/h6,9-12,15,20,33H,4-5,7-8,13-14,16H2,1-3H3/t20-/m1/s1. The van der Waals surface area contributed by atoms with Crippen molar-refractivity contribution in [2.75, 3.05) is 37.7 Å². The van der Waals surface area contributed by atoms with E-state index in [9.17, 15) is 18.0 Å². The molecule has 3 aromatic heterocycles. The lowest BCUT2D eigenvalue weighted by Crippen LogP contribution is -2.44. The largest absolute Gasteiger partial charge is 0.491 e. The first-order valence-electron chi connectivity index (χ1n) is 13.8. The summed E-state index contributed by atoms with van der Waals surface area (Å²) in [5.41, 5.74) is 1.45. The summed E-state index contributed by atoms with van der Waals surface area (Å²) in [6.07, 6.45) is 0.385. The Morgan fingerprint density at radius 1 is 1.07 bits per heavy atom. The van der Waals surface area contributed by atoms with E-state index in [2.05, 4.69) is 25.3 Å². The summed E-state index contributed by atoms with van der Waals surface area (Å²) in [5, 5.41) is 7.00. The van der Waals surface area contributed by atoms with Gasteiger partial charge in [-0.05, 0) is 37.6 Å². The lowest BCUT2D eigenvalue weighted by molar-refractivity contribution is -0.140. The molecule has 6 rings (SSSR count). The number of nitrogens with zero attached hydrogens (tertiary/aromatic N) is 7. The highest BCUT2D eigenvalue weighted by Gasteiger charge is 2.40. The first kappa shape index (κ1) is 27.9. The summed E-state index contributed by atoms with van der Waals surface area (Å²) in [6, 6.07) is 5.23. The molecule has 1 fully saturated rings. The smallest absolute Gasteiger partial charge is 0.435 e. The lowest BCUT2D eigenvalue weighted by Gasteiger charge is -2.29. The van der Waals surface area contributed by atoms with Crippen LogP contribution in [0.3, 0.4) is 0 Å². The van der Waals surface area contributed by atoms with Crippen LogP contribution in [0.25, 0.3) is 11.1 Å². The predicted molar refractivity (Wildman–Crippen MR) is 149 cm³/mol. The van der Waals surface area contributed by atoms with Crippen LogP contribution in [-0.4, -0.2) is 67.9 Å². The molecule has 0 saturated carbocycles. The number of hydrogen-bond acceptors (Lipinski definition) is 8. The summed E-state index contributed by atoms with van der Waals surface area (Å²) in [5.74, 6) is 0.760. The van der Waals surface area contributed by atoms with E-state index in [0.717, 1.165) is 48.1 Å². The lowest BCUT2D eigenvalue weighted by atomic mass is 9.87. The minimum atomic E-state index is -4.69. The van der Waals surface area contributed by atoms with Crippen molar-refractivity contribution in [3.63, 3.8) is 0 Å². The maximum absolute atomic E-state index is 14.0. The Morgan fingerprint density at radius 2 is 1.83 bits per heavy atom. The van der Waals surface area contributed by atoms with Crippen LogP contribution < -0.4 is 15.0 Å². The zero-order valence-electron chi connectivity index (χ0n) is 23.6. The number of aryl methyl sites for hydroxylation is 3. The van der Waals surface area contributed by atoms with E-state index in [-0.39, 0.29) is 34.8 Å². The van der Waals surface area contributed by atoms with Crippen molar-refractivity contribution in [1.82, 2.24) is 34.6 Å². The average molecular weight is 581 g/mol. The number of Topliss-reactive ketones (excluding diaryl/α,β-unsaturated/α-hetero) is 1. The SMILES string of the molecule is Cc1cc(C[C@@H]2COc3c(cc(Cn4ccnc4C)cc3-c3cn(C)nc3C(F)(F)F)C2=O)nc(N2CCNCC2)n1. The number of piperazine rings is 1. The number of hydrogen-bond donors (Lipinski definition) is 1. The van der Waals surface area contributed by atoms with E-state index in [1.807, 2.05) is 24.5 Å². The number of benzene rings is 1. The van der Waals surface area contributed by atoms with Crippen molar-refractivity contribution in [2.45, 2.75) is 33.0 Å². The second-order valence-electron chi connectivity index (χ2n) is 10.8. The second-order valence-corrected chi connectivity index (χ2v) is 10.8. The van der Waals surface area contributed by atoms with Crippen LogP contribution in [0, 0.1) is 19.8 Å². The van der Waals surface area contributed by atoms with Crippen LogP contribution >= 0.6 is 0 Å². The van der Waals surface area contributed by atoms with Crippen LogP contribution in [-0.2, 0) is 26.2 Å². The Bertz CT molecular complexity index is 1640. The molecule has 0 amide bonds. The predicted octanol–water partition coefficient (Wildman–Crippen LogP) is 3.60. The van der Waals surface area contributed by atoms with Crippen molar-refractivity contribution in [2.24, 2.45) is 13.0 Å². The number of aromatic nitrogens is 6. The normalized spacial score (nSPS) is 17.3. The van der Waals surface area contributed by atoms with Gasteiger partial charge in [-0.15, -0.1) is 0 Å². The minimum Gasteiger partial charge on any atom is -0.491 e. The quantitative estimate of drug-likeness (QED) is 0.369. The van der Waals surface area contributed by atoms with Crippen molar-refractivity contribution >= 4 is 11.7 Å². The zero-order valence-corrected chi connectivity index (χ0v) is 23.6. The molecule has 1 aromatic carbocycles. The van der Waals surface area contributed by atoms with E-state index in [4.69, 9.17) is 9.72 Å². The molecule has 0 bridgehead atoms. The highest BCUT2D eigenvalue weighted by molar-refractivity contribution is 6.04. The third-order valence-electron chi connectivity index (χ3n) is 7.63. The molecule has 0 radical (unpaired) electrons. The third kappa shape index (κ3) is 5.48. The summed E-state index contributed by atoms with van der Waals surface area (Å²) in [6.45, 7) is 7.34. The van der Waals surface area contributed by atoms with Gasteiger partial charge in [-0.3, -0.25) is 9.48 Å². The summed E-state index contributed by atoms with van der Waals surface area (Å²) >= 11 is 0.